The van der Waals surface area contributed by atoms with Crippen molar-refractivity contribution >= 4 is 5.69 Å². The van der Waals surface area contributed by atoms with E-state index >= 15 is 0 Å². The van der Waals surface area contributed by atoms with Crippen LogP contribution in [0, 0.1) is 11.3 Å². The molecule has 0 radical (unpaired) electrons. The van der Waals surface area contributed by atoms with E-state index in [0.717, 1.165) is 37.4 Å². The molecule has 0 aromatic heterocycles. The molecule has 0 spiro atoms. The van der Waals surface area contributed by atoms with Gasteiger partial charge in [0.2, 0.25) is 0 Å². The van der Waals surface area contributed by atoms with Gasteiger partial charge in [-0.15, -0.1) is 0 Å². The molecule has 0 heterocycles. The number of nitrogens with zero attached hydrogens (tertiary/aromatic N) is 2. The van der Waals surface area contributed by atoms with E-state index in [2.05, 4.69) is 37.2 Å². The van der Waals surface area contributed by atoms with Gasteiger partial charge in [-0.05, 0) is 52.4 Å². The van der Waals surface area contributed by atoms with Crippen LogP contribution in [-0.2, 0) is 0 Å². The lowest BCUT2D eigenvalue weighted by atomic mass is 10.1. The standard InChI is InChI=1S/C16H25N3O/c1-13(2)19(3)10-6-5-9-18-16-11-15(20-4)8-7-14(16)12-17/h7-8,11,13,18H,5-6,9-10H2,1-4H3. The first-order valence-corrected chi connectivity index (χ1v) is 7.10. The van der Waals surface area contributed by atoms with Gasteiger partial charge in [-0.1, -0.05) is 0 Å². The molecule has 0 saturated carbocycles. The fourth-order valence-electron chi connectivity index (χ4n) is 1.86. The van der Waals surface area contributed by atoms with E-state index in [-0.39, 0.29) is 0 Å². The van der Waals surface area contributed by atoms with Gasteiger partial charge >= 0.3 is 0 Å². The maximum absolute atomic E-state index is 9.08. The van der Waals surface area contributed by atoms with Crippen LogP contribution in [0.5, 0.6) is 5.75 Å². The van der Waals surface area contributed by atoms with Crippen molar-refractivity contribution in [3.05, 3.63) is 23.8 Å². The average Bonchev–Trinajstić information content (AvgIpc) is 2.46. The third-order valence-corrected chi connectivity index (χ3v) is 3.48. The minimum absolute atomic E-state index is 0.589. The van der Waals surface area contributed by atoms with Gasteiger partial charge in [0.25, 0.3) is 0 Å². The first-order chi connectivity index (χ1) is 9.58. The van der Waals surface area contributed by atoms with Crippen molar-refractivity contribution in [2.75, 3.05) is 32.6 Å². The Morgan fingerprint density at radius 2 is 2.10 bits per heavy atom. The van der Waals surface area contributed by atoms with Gasteiger partial charge in [-0.2, -0.15) is 5.26 Å². The number of benzene rings is 1. The minimum Gasteiger partial charge on any atom is -0.497 e. The largest absolute Gasteiger partial charge is 0.497 e. The highest BCUT2D eigenvalue weighted by molar-refractivity contribution is 5.60. The summed E-state index contributed by atoms with van der Waals surface area (Å²) in [6.45, 7) is 6.37. The zero-order valence-corrected chi connectivity index (χ0v) is 12.9. The molecule has 0 fully saturated rings. The monoisotopic (exact) mass is 275 g/mol. The summed E-state index contributed by atoms with van der Waals surface area (Å²) in [5.74, 6) is 0.769. The van der Waals surface area contributed by atoms with Crippen molar-refractivity contribution in [2.45, 2.75) is 32.7 Å². The van der Waals surface area contributed by atoms with E-state index in [1.807, 2.05) is 6.07 Å². The summed E-state index contributed by atoms with van der Waals surface area (Å²) >= 11 is 0. The van der Waals surface area contributed by atoms with E-state index in [0.29, 0.717) is 11.6 Å². The highest BCUT2D eigenvalue weighted by Crippen LogP contribution is 2.21. The van der Waals surface area contributed by atoms with Crippen LogP contribution in [0.1, 0.15) is 32.3 Å². The van der Waals surface area contributed by atoms with Crippen molar-refractivity contribution in [3.8, 4) is 11.8 Å². The predicted molar refractivity (Wildman–Crippen MR) is 83.2 cm³/mol. The number of rotatable bonds is 8. The molecule has 0 aliphatic carbocycles. The number of unbranched alkanes of at least 4 members (excludes halogenated alkanes) is 1. The molecule has 0 aliphatic heterocycles. The highest BCUT2D eigenvalue weighted by Gasteiger charge is 2.04. The predicted octanol–water partition coefficient (Wildman–Crippen LogP) is 3.10. The van der Waals surface area contributed by atoms with Crippen molar-refractivity contribution in [2.24, 2.45) is 0 Å². The molecule has 110 valence electrons. The molecule has 1 N–H and O–H groups in total. The van der Waals surface area contributed by atoms with Gasteiger partial charge in [0, 0.05) is 18.7 Å². The Bertz CT molecular complexity index is 452. The summed E-state index contributed by atoms with van der Waals surface area (Å²) in [6.07, 6.45) is 2.23. The Labute approximate surface area is 122 Å². The second kappa shape index (κ2) is 8.44. The molecule has 1 aromatic rings. The Kier molecular flexibility index (Phi) is 6.89. The fourth-order valence-corrected chi connectivity index (χ4v) is 1.86. The number of anilines is 1. The maximum Gasteiger partial charge on any atom is 0.121 e. The molecule has 0 atom stereocenters. The molecule has 0 saturated heterocycles. The third-order valence-electron chi connectivity index (χ3n) is 3.48. The molecule has 1 rings (SSSR count). The Balaban J connectivity index is 2.40. The number of nitriles is 1. The number of hydrogen-bond acceptors (Lipinski definition) is 4. The molecular formula is C16H25N3O. The normalized spacial score (nSPS) is 10.7. The molecule has 4 heteroatoms. The van der Waals surface area contributed by atoms with Crippen molar-refractivity contribution in [1.29, 1.82) is 5.26 Å². The van der Waals surface area contributed by atoms with Crippen LogP contribution in [0.15, 0.2) is 18.2 Å². The number of nitrogens with one attached hydrogen (secondary N) is 1. The lowest BCUT2D eigenvalue weighted by Crippen LogP contribution is -2.27. The lowest BCUT2D eigenvalue weighted by molar-refractivity contribution is 0.269. The van der Waals surface area contributed by atoms with Crippen molar-refractivity contribution in [1.82, 2.24) is 4.90 Å². The highest BCUT2D eigenvalue weighted by atomic mass is 16.5. The molecule has 1 aromatic carbocycles. The summed E-state index contributed by atoms with van der Waals surface area (Å²) in [7, 11) is 3.78. The summed E-state index contributed by atoms with van der Waals surface area (Å²) in [5, 5.41) is 12.4. The first kappa shape index (κ1) is 16.3. The molecular weight excluding hydrogens is 250 g/mol. The summed E-state index contributed by atoms with van der Waals surface area (Å²) < 4.78 is 5.18. The number of ether oxygens (including phenoxy) is 1. The Hall–Kier alpha value is -1.73. The zero-order valence-electron chi connectivity index (χ0n) is 12.9. The van der Waals surface area contributed by atoms with Crippen LogP contribution in [-0.4, -0.2) is 38.2 Å². The van der Waals surface area contributed by atoms with Crippen molar-refractivity contribution in [3.63, 3.8) is 0 Å². The number of methoxy groups -OCH3 is 1. The third kappa shape index (κ3) is 5.10. The lowest BCUT2D eigenvalue weighted by Gasteiger charge is -2.20. The Morgan fingerprint density at radius 1 is 1.35 bits per heavy atom. The zero-order chi connectivity index (χ0) is 15.0. The van der Waals surface area contributed by atoms with E-state index in [9.17, 15) is 0 Å². The van der Waals surface area contributed by atoms with Crippen molar-refractivity contribution < 1.29 is 4.74 Å². The minimum atomic E-state index is 0.589. The van der Waals surface area contributed by atoms with Gasteiger partial charge in [0.15, 0.2) is 0 Å². The molecule has 0 amide bonds. The first-order valence-electron chi connectivity index (χ1n) is 7.10. The van der Waals surface area contributed by atoms with E-state index in [4.69, 9.17) is 10.00 Å². The number of hydrogen-bond donors (Lipinski definition) is 1. The molecule has 0 unspecified atom stereocenters. The molecule has 0 bridgehead atoms. The van der Waals surface area contributed by atoms with Crippen LogP contribution >= 0.6 is 0 Å². The van der Waals surface area contributed by atoms with Gasteiger partial charge < -0.3 is 15.0 Å². The van der Waals surface area contributed by atoms with Crippen LogP contribution in [0.2, 0.25) is 0 Å². The molecule has 4 nitrogen and oxygen atoms in total. The maximum atomic E-state index is 9.08. The van der Waals surface area contributed by atoms with Gasteiger partial charge in [-0.3, -0.25) is 0 Å². The second-order valence-corrected chi connectivity index (χ2v) is 5.23. The van der Waals surface area contributed by atoms with Gasteiger partial charge in [0.1, 0.15) is 11.8 Å². The quantitative estimate of drug-likeness (QED) is 0.741. The van der Waals surface area contributed by atoms with Crippen LogP contribution in [0.25, 0.3) is 0 Å². The summed E-state index contributed by atoms with van der Waals surface area (Å²) in [5.41, 5.74) is 1.51. The van der Waals surface area contributed by atoms with E-state index in [1.54, 1.807) is 19.2 Å². The second-order valence-electron chi connectivity index (χ2n) is 5.23. The smallest absolute Gasteiger partial charge is 0.121 e. The van der Waals surface area contributed by atoms with Crippen LogP contribution < -0.4 is 10.1 Å². The molecule has 20 heavy (non-hydrogen) atoms. The average molecular weight is 275 g/mol. The van der Waals surface area contributed by atoms with Crippen LogP contribution in [0.3, 0.4) is 0 Å². The Morgan fingerprint density at radius 3 is 2.70 bits per heavy atom. The van der Waals surface area contributed by atoms with E-state index < -0.39 is 0 Å². The SMILES string of the molecule is COc1ccc(C#N)c(NCCCCN(C)C(C)C)c1. The fraction of sp³-hybridized carbons (Fsp3) is 0.562. The van der Waals surface area contributed by atoms with Gasteiger partial charge in [-0.25, -0.2) is 0 Å². The summed E-state index contributed by atoms with van der Waals surface area (Å²) in [4.78, 5) is 2.34. The van der Waals surface area contributed by atoms with E-state index in [1.165, 1.54) is 0 Å². The molecule has 0 aliphatic rings. The topological polar surface area (TPSA) is 48.3 Å². The van der Waals surface area contributed by atoms with Crippen LogP contribution in [0.4, 0.5) is 5.69 Å². The van der Waals surface area contributed by atoms with Gasteiger partial charge in [0.05, 0.1) is 18.4 Å². The summed E-state index contributed by atoms with van der Waals surface area (Å²) in [6, 6.07) is 8.25.